The molecule has 1 aromatic carbocycles. The average Bonchev–Trinajstić information content (AvgIpc) is 3.38. The number of rotatable bonds is 13. The van der Waals surface area contributed by atoms with E-state index in [1.807, 2.05) is 19.0 Å². The Kier molecular flexibility index (Phi) is 9.42. The number of nitrogens with zero attached hydrogens (tertiary/aromatic N) is 7. The van der Waals surface area contributed by atoms with Crippen molar-refractivity contribution in [3.63, 3.8) is 0 Å². The minimum atomic E-state index is -1.20. The maximum absolute atomic E-state index is 13.0. The minimum Gasteiger partial charge on any atom is -0.483 e. The number of aliphatic carboxylic acids is 1. The number of amides is 2. The molecule has 2 N–H and O–H groups in total. The average molecular weight is 577 g/mol. The number of tetrazole rings is 1. The number of oxime groups is 1. The van der Waals surface area contributed by atoms with E-state index in [1.54, 1.807) is 28.9 Å². The van der Waals surface area contributed by atoms with Gasteiger partial charge in [-0.2, -0.15) is 0 Å². The summed E-state index contributed by atoms with van der Waals surface area (Å²) in [5, 5.41) is 28.1. The third-order valence-corrected chi connectivity index (χ3v) is 8.16. The molecule has 0 saturated carbocycles. The maximum atomic E-state index is 13.0. The van der Waals surface area contributed by atoms with E-state index in [9.17, 15) is 19.5 Å². The molecule has 2 aromatic rings. The number of thioether (sulfide) groups is 2. The van der Waals surface area contributed by atoms with Crippen LogP contribution < -0.4 is 10.1 Å². The van der Waals surface area contributed by atoms with Crippen molar-refractivity contribution in [1.82, 2.24) is 35.3 Å². The van der Waals surface area contributed by atoms with Crippen LogP contribution in [0.5, 0.6) is 5.75 Å². The Morgan fingerprint density at radius 2 is 2.15 bits per heavy atom. The molecule has 2 aliphatic rings. The zero-order valence-electron chi connectivity index (χ0n) is 21.5. The van der Waals surface area contributed by atoms with E-state index in [-0.39, 0.29) is 12.3 Å². The van der Waals surface area contributed by atoms with Crippen molar-refractivity contribution in [2.75, 3.05) is 45.9 Å². The minimum absolute atomic E-state index is 0.0586. The van der Waals surface area contributed by atoms with E-state index < -0.39 is 29.2 Å². The van der Waals surface area contributed by atoms with E-state index in [0.29, 0.717) is 40.1 Å². The van der Waals surface area contributed by atoms with E-state index >= 15 is 0 Å². The first kappa shape index (κ1) is 28.4. The second-order valence-corrected chi connectivity index (χ2v) is 10.8. The number of β-lactam (4-membered cyclic amide) rings is 1. The number of hydrogen-bond acceptors (Lipinski definition) is 12. The zero-order chi connectivity index (χ0) is 27.9. The lowest BCUT2D eigenvalue weighted by atomic mass is 10.0. The Balaban J connectivity index is 1.36. The summed E-state index contributed by atoms with van der Waals surface area (Å²) in [6, 6.07) is 6.13. The molecule has 2 amide bonds. The first-order valence-electron chi connectivity index (χ1n) is 11.8. The number of carboxylic acids is 1. The van der Waals surface area contributed by atoms with Gasteiger partial charge in [-0.25, -0.2) is 9.48 Å². The number of benzene rings is 1. The lowest BCUT2D eigenvalue weighted by Crippen LogP contribution is -2.70. The summed E-state index contributed by atoms with van der Waals surface area (Å²) in [6.07, 6.45) is 1.46. The van der Waals surface area contributed by atoms with E-state index in [0.717, 1.165) is 6.54 Å². The van der Waals surface area contributed by atoms with Crippen molar-refractivity contribution >= 4 is 47.5 Å². The molecule has 14 nitrogen and oxygen atoms in total. The zero-order valence-corrected chi connectivity index (χ0v) is 23.1. The highest BCUT2D eigenvalue weighted by Crippen LogP contribution is 2.41. The molecule has 16 heteroatoms. The van der Waals surface area contributed by atoms with Crippen LogP contribution >= 0.6 is 23.5 Å². The highest BCUT2D eigenvalue weighted by atomic mass is 32.2. The Labute approximate surface area is 232 Å². The number of ether oxygens (including phenoxy) is 1. The SMILES string of the molecule is CO/N=C/c1ccccc1OCC(=O)N[C@@H]1C(=O)N2C(C(=O)O)=C(CSc3nnnn3CCN(C)C)CS[C@H]12. The van der Waals surface area contributed by atoms with E-state index in [4.69, 9.17) is 4.74 Å². The molecule has 1 fully saturated rings. The van der Waals surface area contributed by atoms with Gasteiger partial charge in [0.05, 0.1) is 12.8 Å². The van der Waals surface area contributed by atoms with E-state index in [1.165, 1.54) is 41.7 Å². The summed E-state index contributed by atoms with van der Waals surface area (Å²) in [5.41, 5.74) is 1.15. The molecule has 0 bridgehead atoms. The monoisotopic (exact) mass is 576 g/mol. The van der Waals surface area contributed by atoms with E-state index in [2.05, 4.69) is 30.8 Å². The number of carbonyl (C=O) groups excluding carboxylic acids is 2. The molecule has 208 valence electrons. The molecule has 4 rings (SSSR count). The predicted octanol–water partition coefficient (Wildman–Crippen LogP) is 0.125. The topological polar surface area (TPSA) is 164 Å². The molecule has 1 aromatic heterocycles. The Morgan fingerprint density at radius 1 is 1.36 bits per heavy atom. The van der Waals surface area contributed by atoms with Crippen LogP contribution in [0.3, 0.4) is 0 Å². The lowest BCUT2D eigenvalue weighted by Gasteiger charge is -2.49. The van der Waals surface area contributed by atoms with Gasteiger partial charge in [-0.05, 0) is 42.2 Å². The van der Waals surface area contributed by atoms with Gasteiger partial charge in [0.2, 0.25) is 5.16 Å². The summed E-state index contributed by atoms with van der Waals surface area (Å²) in [4.78, 5) is 45.6. The van der Waals surface area contributed by atoms with Crippen molar-refractivity contribution < 1.29 is 29.1 Å². The summed E-state index contributed by atoms with van der Waals surface area (Å²) in [7, 11) is 5.31. The third kappa shape index (κ3) is 6.69. The van der Waals surface area contributed by atoms with Gasteiger partial charge < -0.3 is 24.9 Å². The molecule has 0 spiro atoms. The molecule has 39 heavy (non-hydrogen) atoms. The van der Waals surface area contributed by atoms with Crippen LogP contribution in [0.2, 0.25) is 0 Å². The highest BCUT2D eigenvalue weighted by Gasteiger charge is 2.54. The molecule has 0 aliphatic carbocycles. The molecule has 1 saturated heterocycles. The summed E-state index contributed by atoms with van der Waals surface area (Å²) < 4.78 is 7.27. The first-order chi connectivity index (χ1) is 18.8. The lowest BCUT2D eigenvalue weighted by molar-refractivity contribution is -0.150. The largest absolute Gasteiger partial charge is 0.483 e. The summed E-state index contributed by atoms with van der Waals surface area (Å²) >= 11 is 2.71. The van der Waals surface area contributed by atoms with Crippen molar-refractivity contribution in [2.24, 2.45) is 5.16 Å². The molecule has 0 radical (unpaired) electrons. The third-order valence-electron chi connectivity index (χ3n) is 5.77. The number of para-hydroxylation sites is 1. The van der Waals surface area contributed by atoms with Crippen LogP contribution in [0, 0.1) is 0 Å². The van der Waals surface area contributed by atoms with Crippen LogP contribution in [0.15, 0.2) is 45.8 Å². The maximum Gasteiger partial charge on any atom is 0.352 e. The van der Waals surface area contributed by atoms with Gasteiger partial charge >= 0.3 is 5.97 Å². The number of nitrogens with one attached hydrogen (secondary N) is 1. The van der Waals surface area contributed by atoms with Gasteiger partial charge in [-0.3, -0.25) is 14.5 Å². The van der Waals surface area contributed by atoms with Gasteiger partial charge in [-0.15, -0.1) is 16.9 Å². The van der Waals surface area contributed by atoms with Gasteiger partial charge in [0, 0.05) is 23.6 Å². The Morgan fingerprint density at radius 3 is 2.90 bits per heavy atom. The Bertz CT molecular complexity index is 1280. The van der Waals surface area contributed by atoms with Gasteiger partial charge in [0.1, 0.15) is 30.0 Å². The molecular formula is C23H28N8O6S2. The number of carbonyl (C=O) groups is 3. The van der Waals surface area contributed by atoms with Crippen LogP contribution in [0.1, 0.15) is 5.56 Å². The second kappa shape index (κ2) is 12.9. The molecule has 2 aliphatic heterocycles. The van der Waals surface area contributed by atoms with Gasteiger partial charge in [-0.1, -0.05) is 29.1 Å². The molecular weight excluding hydrogens is 548 g/mol. The van der Waals surface area contributed by atoms with Crippen molar-refractivity contribution in [1.29, 1.82) is 0 Å². The number of carboxylic acid groups (broad SMARTS) is 1. The molecule has 3 heterocycles. The quantitative estimate of drug-likeness (QED) is 0.143. The fourth-order valence-electron chi connectivity index (χ4n) is 3.87. The van der Waals surface area contributed by atoms with Crippen molar-refractivity contribution in [2.45, 2.75) is 23.1 Å². The molecule has 2 atom stereocenters. The fraction of sp³-hybridized carbons (Fsp3) is 0.435. The van der Waals surface area contributed by atoms with Crippen molar-refractivity contribution in [3.05, 3.63) is 41.1 Å². The van der Waals surface area contributed by atoms with Crippen LogP contribution in [-0.2, 0) is 25.8 Å². The second-order valence-electron chi connectivity index (χ2n) is 8.73. The Hall–Kier alpha value is -3.63. The van der Waals surface area contributed by atoms with Crippen LogP contribution in [-0.4, -0.2) is 116 Å². The van der Waals surface area contributed by atoms with Crippen molar-refractivity contribution in [3.8, 4) is 5.75 Å². The summed E-state index contributed by atoms with van der Waals surface area (Å²) in [6.45, 7) is 1.01. The number of fused-ring (bicyclic) bond motifs is 1. The molecule has 0 unspecified atom stereocenters. The van der Waals surface area contributed by atoms with Crippen LogP contribution in [0.25, 0.3) is 0 Å². The van der Waals surface area contributed by atoms with Gasteiger partial charge in [0.15, 0.2) is 6.61 Å². The summed E-state index contributed by atoms with van der Waals surface area (Å²) in [5.74, 6) is -1.06. The van der Waals surface area contributed by atoms with Gasteiger partial charge in [0.25, 0.3) is 11.8 Å². The first-order valence-corrected chi connectivity index (χ1v) is 13.8. The normalized spacial score (nSPS) is 18.8. The predicted molar refractivity (Wildman–Crippen MR) is 143 cm³/mol. The number of likely N-dealkylation sites (N-methyl/N-ethyl adjacent to an activating group) is 1. The fourth-order valence-corrected chi connectivity index (χ4v) is 6.26. The van der Waals surface area contributed by atoms with Crippen LogP contribution in [0.4, 0.5) is 0 Å². The standard InChI is InChI=1S/C23H28N8O6S2/c1-29(2)8-9-30-23(26-27-28-30)39-13-15-12-38-21-18(20(33)31(21)19(15)22(34)35)25-17(32)11-37-16-7-5-4-6-14(16)10-24-36-3/h4-7,10,18,21H,8-9,11-13H2,1-3H3,(H,25,32)(H,34,35)/b24-10+/t18-,21-/m1/s1. The number of aromatic nitrogens is 4. The smallest absolute Gasteiger partial charge is 0.352 e. The number of hydrogen-bond donors (Lipinski definition) is 2. The highest BCUT2D eigenvalue weighted by molar-refractivity contribution is 8.01.